The van der Waals surface area contributed by atoms with Gasteiger partial charge in [-0.3, -0.25) is 0 Å². The van der Waals surface area contributed by atoms with E-state index in [9.17, 15) is 23.1 Å². The van der Waals surface area contributed by atoms with Crippen LogP contribution in [0.15, 0.2) is 18.2 Å². The second kappa shape index (κ2) is 5.48. The highest BCUT2D eigenvalue weighted by molar-refractivity contribution is 5.86. The number of hydrogen-bond donors (Lipinski definition) is 2. The van der Waals surface area contributed by atoms with E-state index in [1.807, 2.05) is 0 Å². The van der Waals surface area contributed by atoms with Crippen LogP contribution < -0.4 is 4.74 Å². The molecule has 24 heavy (non-hydrogen) atoms. The molecule has 5 nitrogen and oxygen atoms in total. The van der Waals surface area contributed by atoms with Gasteiger partial charge in [0.25, 0.3) is 0 Å². The Hall–Kier alpha value is -2.61. The van der Waals surface area contributed by atoms with Crippen LogP contribution in [0, 0.1) is 17.5 Å². The molecule has 1 aromatic carbocycles. The zero-order valence-corrected chi connectivity index (χ0v) is 12.4. The number of rotatable bonds is 2. The second-order valence-corrected chi connectivity index (χ2v) is 5.63. The van der Waals surface area contributed by atoms with Crippen molar-refractivity contribution in [3.63, 3.8) is 0 Å². The molecule has 0 fully saturated rings. The molecule has 3 rings (SSSR count). The Balaban J connectivity index is 2.28. The third-order valence-electron chi connectivity index (χ3n) is 3.89. The average molecular weight is 339 g/mol. The van der Waals surface area contributed by atoms with Gasteiger partial charge >= 0.3 is 5.97 Å². The first kappa shape index (κ1) is 16.3. The molecule has 0 saturated heterocycles. The fraction of sp³-hybridized carbons (Fsp3) is 0.250. The van der Waals surface area contributed by atoms with E-state index in [1.165, 1.54) is 6.92 Å². The first-order valence-corrected chi connectivity index (χ1v) is 7.00. The summed E-state index contributed by atoms with van der Waals surface area (Å²) in [5, 5.41) is 19.1. The molecule has 1 aliphatic rings. The molecule has 2 heterocycles. The Labute approximate surface area is 134 Å². The number of pyridine rings is 1. The molecule has 126 valence electrons. The highest BCUT2D eigenvalue weighted by atomic mass is 19.1. The summed E-state index contributed by atoms with van der Waals surface area (Å²) in [6.45, 7) is 1.38. The van der Waals surface area contributed by atoms with E-state index in [1.54, 1.807) is 0 Å². The van der Waals surface area contributed by atoms with Crippen molar-refractivity contribution in [2.45, 2.75) is 18.9 Å². The lowest BCUT2D eigenvalue weighted by atomic mass is 9.88. The summed E-state index contributed by atoms with van der Waals surface area (Å²) < 4.78 is 48.3. The van der Waals surface area contributed by atoms with Crippen LogP contribution in [0.25, 0.3) is 11.3 Å². The van der Waals surface area contributed by atoms with Crippen LogP contribution in [0.1, 0.15) is 29.4 Å². The summed E-state index contributed by atoms with van der Waals surface area (Å²) in [6, 6.07) is 2.50. The zero-order valence-electron chi connectivity index (χ0n) is 12.4. The van der Waals surface area contributed by atoms with Crippen molar-refractivity contribution < 1.29 is 32.9 Å². The molecule has 0 aliphatic carbocycles. The number of aromatic nitrogens is 1. The van der Waals surface area contributed by atoms with Crippen LogP contribution >= 0.6 is 0 Å². The van der Waals surface area contributed by atoms with Crippen LogP contribution in [0.2, 0.25) is 0 Å². The van der Waals surface area contributed by atoms with E-state index in [4.69, 9.17) is 9.84 Å². The third-order valence-corrected chi connectivity index (χ3v) is 3.89. The number of aliphatic hydroxyl groups is 1. The van der Waals surface area contributed by atoms with Crippen molar-refractivity contribution in [3.05, 3.63) is 46.9 Å². The first-order chi connectivity index (χ1) is 11.2. The quantitative estimate of drug-likeness (QED) is 0.879. The van der Waals surface area contributed by atoms with Gasteiger partial charge in [-0.1, -0.05) is 0 Å². The van der Waals surface area contributed by atoms with Gasteiger partial charge in [0.2, 0.25) is 0 Å². The largest absolute Gasteiger partial charge is 0.490 e. The summed E-state index contributed by atoms with van der Waals surface area (Å²) in [7, 11) is 0. The van der Waals surface area contributed by atoms with Crippen LogP contribution in [0.3, 0.4) is 0 Å². The summed E-state index contributed by atoms with van der Waals surface area (Å²) >= 11 is 0. The van der Waals surface area contributed by atoms with Crippen molar-refractivity contribution in [3.8, 4) is 17.0 Å². The highest BCUT2D eigenvalue weighted by Gasteiger charge is 2.36. The molecule has 1 unspecified atom stereocenters. The minimum absolute atomic E-state index is 0.00688. The van der Waals surface area contributed by atoms with Gasteiger partial charge in [0.05, 0.1) is 17.8 Å². The number of hydrogen-bond acceptors (Lipinski definition) is 4. The predicted octanol–water partition coefficient (Wildman–Crippen LogP) is 2.85. The summed E-state index contributed by atoms with van der Waals surface area (Å²) in [6.07, 6.45) is 0.138. The van der Waals surface area contributed by atoms with Gasteiger partial charge in [-0.05, 0) is 25.1 Å². The van der Waals surface area contributed by atoms with Gasteiger partial charge in [0, 0.05) is 12.0 Å². The molecule has 2 aromatic rings. The third kappa shape index (κ3) is 2.48. The predicted molar refractivity (Wildman–Crippen MR) is 76.2 cm³/mol. The Morgan fingerprint density at radius 3 is 2.67 bits per heavy atom. The molecule has 0 radical (unpaired) electrons. The topological polar surface area (TPSA) is 79.7 Å². The molecule has 2 N–H and O–H groups in total. The number of carboxylic acid groups (broad SMARTS) is 1. The molecular weight excluding hydrogens is 327 g/mol. The SMILES string of the molecule is CC1(O)CCOc2c1cc(F)c(-c1nc(C(=O)O)ccc1F)c2F. The molecule has 0 saturated carbocycles. The van der Waals surface area contributed by atoms with Crippen LogP contribution in [0.4, 0.5) is 13.2 Å². The Morgan fingerprint density at radius 1 is 1.29 bits per heavy atom. The Bertz CT molecular complexity index is 852. The minimum Gasteiger partial charge on any atom is -0.490 e. The molecule has 0 amide bonds. The fourth-order valence-electron chi connectivity index (χ4n) is 2.58. The van der Waals surface area contributed by atoms with Gasteiger partial charge in [-0.15, -0.1) is 0 Å². The molecule has 0 bridgehead atoms. The van der Waals surface area contributed by atoms with E-state index in [2.05, 4.69) is 4.98 Å². The van der Waals surface area contributed by atoms with Crippen LogP contribution in [-0.2, 0) is 5.60 Å². The van der Waals surface area contributed by atoms with Crippen LogP contribution in [0.5, 0.6) is 5.75 Å². The monoisotopic (exact) mass is 339 g/mol. The Morgan fingerprint density at radius 2 is 2.00 bits per heavy atom. The van der Waals surface area contributed by atoms with Crippen molar-refractivity contribution in [1.29, 1.82) is 0 Å². The van der Waals surface area contributed by atoms with Crippen LogP contribution in [-0.4, -0.2) is 27.8 Å². The van der Waals surface area contributed by atoms with Gasteiger partial charge in [-0.2, -0.15) is 0 Å². The zero-order chi connectivity index (χ0) is 17.6. The summed E-state index contributed by atoms with van der Waals surface area (Å²) in [5.74, 6) is -5.36. The maximum absolute atomic E-state index is 14.7. The lowest BCUT2D eigenvalue weighted by Crippen LogP contribution is -2.30. The number of benzene rings is 1. The standard InChI is InChI=1S/C16H12F3NO4/c1-16(23)4-5-24-14-7(16)6-9(18)11(12(14)19)13-8(17)2-3-10(20-13)15(21)22/h2-3,6,23H,4-5H2,1H3,(H,21,22). The van der Waals surface area contributed by atoms with Crippen molar-refractivity contribution >= 4 is 5.97 Å². The first-order valence-electron chi connectivity index (χ1n) is 7.00. The molecule has 0 spiro atoms. The highest BCUT2D eigenvalue weighted by Crippen LogP contribution is 2.43. The van der Waals surface area contributed by atoms with Crippen molar-refractivity contribution in [2.75, 3.05) is 6.61 Å². The lowest BCUT2D eigenvalue weighted by molar-refractivity contribution is 0.0126. The number of carboxylic acids is 1. The molecule has 1 atom stereocenters. The van der Waals surface area contributed by atoms with E-state index in [0.717, 1.165) is 18.2 Å². The molecule has 8 heteroatoms. The second-order valence-electron chi connectivity index (χ2n) is 5.63. The molecule has 1 aliphatic heterocycles. The maximum Gasteiger partial charge on any atom is 0.354 e. The van der Waals surface area contributed by atoms with E-state index < -0.39 is 51.7 Å². The van der Waals surface area contributed by atoms with E-state index in [-0.39, 0.29) is 18.6 Å². The number of carbonyl (C=O) groups is 1. The molecular formula is C16H12F3NO4. The van der Waals surface area contributed by atoms with Crippen molar-refractivity contribution in [2.24, 2.45) is 0 Å². The summed E-state index contributed by atoms with van der Waals surface area (Å²) in [4.78, 5) is 14.4. The molecule has 1 aromatic heterocycles. The minimum atomic E-state index is -1.50. The average Bonchev–Trinajstić information content (AvgIpc) is 2.49. The smallest absolute Gasteiger partial charge is 0.354 e. The van der Waals surface area contributed by atoms with E-state index in [0.29, 0.717) is 0 Å². The van der Waals surface area contributed by atoms with Gasteiger partial charge in [0.15, 0.2) is 11.6 Å². The Kier molecular flexibility index (Phi) is 3.71. The van der Waals surface area contributed by atoms with Gasteiger partial charge < -0.3 is 14.9 Å². The van der Waals surface area contributed by atoms with Gasteiger partial charge in [0.1, 0.15) is 23.0 Å². The number of ether oxygens (including phenoxy) is 1. The van der Waals surface area contributed by atoms with Crippen molar-refractivity contribution in [1.82, 2.24) is 4.98 Å². The lowest BCUT2D eigenvalue weighted by Gasteiger charge is -2.31. The van der Waals surface area contributed by atoms with E-state index >= 15 is 0 Å². The maximum atomic E-state index is 14.7. The van der Waals surface area contributed by atoms with Gasteiger partial charge in [-0.25, -0.2) is 22.9 Å². The summed E-state index contributed by atoms with van der Waals surface area (Å²) in [5.41, 5.74) is -3.77. The number of fused-ring (bicyclic) bond motifs is 1. The number of aromatic carboxylic acids is 1. The number of halogens is 3. The number of nitrogens with zero attached hydrogens (tertiary/aromatic N) is 1. The normalized spacial score (nSPS) is 19.5. The fourth-order valence-corrected chi connectivity index (χ4v) is 2.58.